The molecule has 1 N–H and O–H groups in total. The van der Waals surface area contributed by atoms with Gasteiger partial charge in [0.25, 0.3) is 5.91 Å². The molecule has 0 aliphatic carbocycles. The highest BCUT2D eigenvalue weighted by atomic mass is 19.1. The van der Waals surface area contributed by atoms with Crippen molar-refractivity contribution >= 4 is 17.7 Å². The van der Waals surface area contributed by atoms with Crippen molar-refractivity contribution in [2.75, 3.05) is 20.3 Å². The number of esters is 1. The van der Waals surface area contributed by atoms with Gasteiger partial charge in [-0.05, 0) is 41.3 Å². The summed E-state index contributed by atoms with van der Waals surface area (Å²) in [6.07, 6.45) is 0. The van der Waals surface area contributed by atoms with Crippen LogP contribution in [0.2, 0.25) is 0 Å². The minimum absolute atomic E-state index is 0.0247. The van der Waals surface area contributed by atoms with E-state index in [1.54, 1.807) is 12.1 Å². The van der Waals surface area contributed by atoms with Gasteiger partial charge in [0.15, 0.2) is 6.61 Å². The number of methoxy groups -OCH3 is 1. The lowest BCUT2D eigenvalue weighted by molar-refractivity contribution is -0.141. The third-order valence-corrected chi connectivity index (χ3v) is 4.23. The zero-order valence-corrected chi connectivity index (χ0v) is 16.9. The van der Waals surface area contributed by atoms with Crippen LogP contribution in [0.5, 0.6) is 5.75 Å². The largest absolute Gasteiger partial charge is 0.496 e. The Hall–Kier alpha value is -3.22. The second-order valence-electron chi connectivity index (χ2n) is 7.44. The van der Waals surface area contributed by atoms with Crippen molar-refractivity contribution in [3.63, 3.8) is 0 Å². The lowest BCUT2D eigenvalue weighted by atomic mass is 9.87. The van der Waals surface area contributed by atoms with Crippen molar-refractivity contribution in [3.05, 3.63) is 65.0 Å². The number of carbonyl (C=O) groups excluding carboxylic acids is 3. The molecular weight excluding hydrogens is 377 g/mol. The maximum atomic E-state index is 13.3. The lowest BCUT2D eigenvalue weighted by Crippen LogP contribution is -2.31. The maximum Gasteiger partial charge on any atom is 0.325 e. The SMILES string of the molecule is COc1ccc(F)cc1C(=O)COC(=O)CNC(=O)c1ccc(C(C)(C)C)cc1. The summed E-state index contributed by atoms with van der Waals surface area (Å²) in [6, 6.07) is 10.6. The predicted octanol–water partition coefficient (Wildman–Crippen LogP) is 3.29. The van der Waals surface area contributed by atoms with Crippen LogP contribution < -0.4 is 10.1 Å². The molecule has 0 aromatic heterocycles. The Bertz CT molecular complexity index is 900. The third kappa shape index (κ3) is 6.14. The molecule has 154 valence electrons. The van der Waals surface area contributed by atoms with Crippen molar-refractivity contribution in [3.8, 4) is 5.75 Å². The summed E-state index contributed by atoms with van der Waals surface area (Å²) in [4.78, 5) is 36.1. The summed E-state index contributed by atoms with van der Waals surface area (Å²) in [5, 5.41) is 2.44. The van der Waals surface area contributed by atoms with Crippen LogP contribution in [-0.4, -0.2) is 37.9 Å². The van der Waals surface area contributed by atoms with Gasteiger partial charge >= 0.3 is 5.97 Å². The number of ketones is 1. The van der Waals surface area contributed by atoms with E-state index >= 15 is 0 Å². The summed E-state index contributed by atoms with van der Waals surface area (Å²) in [7, 11) is 1.35. The molecule has 2 rings (SSSR count). The Balaban J connectivity index is 1.86. The molecular formula is C22H24FNO5. The minimum Gasteiger partial charge on any atom is -0.496 e. The topological polar surface area (TPSA) is 81.7 Å². The van der Waals surface area contributed by atoms with Crippen molar-refractivity contribution in [2.24, 2.45) is 0 Å². The van der Waals surface area contributed by atoms with Gasteiger partial charge < -0.3 is 14.8 Å². The molecule has 0 heterocycles. The second-order valence-corrected chi connectivity index (χ2v) is 7.44. The molecule has 2 aromatic carbocycles. The fourth-order valence-corrected chi connectivity index (χ4v) is 2.55. The van der Waals surface area contributed by atoms with Crippen LogP contribution in [0.25, 0.3) is 0 Å². The number of carbonyl (C=O) groups is 3. The van der Waals surface area contributed by atoms with E-state index in [2.05, 4.69) is 26.1 Å². The second kappa shape index (κ2) is 9.32. The number of benzene rings is 2. The summed E-state index contributed by atoms with van der Waals surface area (Å²) in [5.74, 6) is -2.25. The fraction of sp³-hybridized carbons (Fsp3) is 0.318. The van der Waals surface area contributed by atoms with Gasteiger partial charge in [-0.25, -0.2) is 4.39 Å². The molecule has 0 unspecified atom stereocenters. The summed E-state index contributed by atoms with van der Waals surface area (Å²) < 4.78 is 23.2. The van der Waals surface area contributed by atoms with Gasteiger partial charge in [-0.2, -0.15) is 0 Å². The van der Waals surface area contributed by atoms with Crippen LogP contribution in [0.3, 0.4) is 0 Å². The van der Waals surface area contributed by atoms with Gasteiger partial charge in [0, 0.05) is 5.56 Å². The van der Waals surface area contributed by atoms with E-state index in [0.717, 1.165) is 17.7 Å². The summed E-state index contributed by atoms with van der Waals surface area (Å²) in [5.41, 5.74) is 1.43. The highest BCUT2D eigenvalue weighted by molar-refractivity contribution is 6.00. The lowest BCUT2D eigenvalue weighted by Gasteiger charge is -2.19. The molecule has 0 aliphatic heterocycles. The molecule has 1 amide bonds. The Labute approximate surface area is 169 Å². The monoisotopic (exact) mass is 401 g/mol. The minimum atomic E-state index is -0.784. The molecule has 7 heteroatoms. The molecule has 0 aliphatic rings. The van der Waals surface area contributed by atoms with E-state index in [1.165, 1.54) is 13.2 Å². The number of nitrogens with one attached hydrogen (secondary N) is 1. The van der Waals surface area contributed by atoms with Crippen LogP contribution in [0, 0.1) is 5.82 Å². The number of rotatable bonds is 7. The number of amides is 1. The Morgan fingerprint density at radius 3 is 2.28 bits per heavy atom. The van der Waals surface area contributed by atoms with E-state index in [1.807, 2.05) is 12.1 Å². The first-order chi connectivity index (χ1) is 13.6. The van der Waals surface area contributed by atoms with E-state index < -0.39 is 36.6 Å². The highest BCUT2D eigenvalue weighted by Gasteiger charge is 2.17. The van der Waals surface area contributed by atoms with Crippen LogP contribution >= 0.6 is 0 Å². The maximum absolute atomic E-state index is 13.3. The van der Waals surface area contributed by atoms with Crippen LogP contribution in [-0.2, 0) is 14.9 Å². The standard InChI is InChI=1S/C22H24FNO5/c1-22(2,3)15-7-5-14(6-8-15)21(27)24-12-20(26)29-13-18(25)17-11-16(23)9-10-19(17)28-4/h5-11H,12-13H2,1-4H3,(H,24,27). The van der Waals surface area contributed by atoms with Crippen molar-refractivity contribution in [1.82, 2.24) is 5.32 Å². The molecule has 0 saturated carbocycles. The normalized spacial score (nSPS) is 10.9. The Kier molecular flexibility index (Phi) is 7.09. The molecule has 0 saturated heterocycles. The number of hydrogen-bond donors (Lipinski definition) is 1. The fourth-order valence-electron chi connectivity index (χ4n) is 2.55. The van der Waals surface area contributed by atoms with Crippen molar-refractivity contribution in [2.45, 2.75) is 26.2 Å². The molecule has 29 heavy (non-hydrogen) atoms. The summed E-state index contributed by atoms with van der Waals surface area (Å²) in [6.45, 7) is 5.22. The number of ether oxygens (including phenoxy) is 2. The first kappa shape index (κ1) is 22.1. The highest BCUT2D eigenvalue weighted by Crippen LogP contribution is 2.22. The number of halogens is 1. The Morgan fingerprint density at radius 2 is 1.69 bits per heavy atom. The van der Waals surface area contributed by atoms with Gasteiger partial charge in [0.05, 0.1) is 12.7 Å². The van der Waals surface area contributed by atoms with Crippen molar-refractivity contribution < 1.29 is 28.2 Å². The molecule has 0 bridgehead atoms. The Morgan fingerprint density at radius 1 is 1.03 bits per heavy atom. The average Bonchev–Trinajstić information content (AvgIpc) is 2.69. The average molecular weight is 401 g/mol. The van der Waals surface area contributed by atoms with E-state index in [9.17, 15) is 18.8 Å². The summed E-state index contributed by atoms with van der Waals surface area (Å²) >= 11 is 0. The van der Waals surface area contributed by atoms with Gasteiger partial charge in [-0.15, -0.1) is 0 Å². The molecule has 2 aromatic rings. The van der Waals surface area contributed by atoms with E-state index in [4.69, 9.17) is 9.47 Å². The first-order valence-corrected chi connectivity index (χ1v) is 9.03. The number of hydrogen-bond acceptors (Lipinski definition) is 5. The van der Waals surface area contributed by atoms with Crippen molar-refractivity contribution in [1.29, 1.82) is 0 Å². The van der Waals surface area contributed by atoms with E-state index in [-0.39, 0.29) is 16.7 Å². The van der Waals surface area contributed by atoms with E-state index in [0.29, 0.717) is 5.56 Å². The molecule has 6 nitrogen and oxygen atoms in total. The molecule has 0 radical (unpaired) electrons. The van der Waals surface area contributed by atoms with Gasteiger partial charge in [-0.1, -0.05) is 32.9 Å². The quantitative estimate of drug-likeness (QED) is 0.569. The third-order valence-electron chi connectivity index (χ3n) is 4.23. The zero-order valence-electron chi connectivity index (χ0n) is 16.9. The zero-order chi connectivity index (χ0) is 21.6. The van der Waals surface area contributed by atoms with Gasteiger partial charge in [0.1, 0.15) is 18.1 Å². The van der Waals surface area contributed by atoms with Crippen LogP contribution in [0.4, 0.5) is 4.39 Å². The molecule has 0 spiro atoms. The molecule has 0 atom stereocenters. The first-order valence-electron chi connectivity index (χ1n) is 9.03. The van der Waals surface area contributed by atoms with Gasteiger partial charge in [-0.3, -0.25) is 14.4 Å². The van der Waals surface area contributed by atoms with Crippen LogP contribution in [0.15, 0.2) is 42.5 Å². The predicted molar refractivity (Wildman–Crippen MR) is 106 cm³/mol. The van der Waals surface area contributed by atoms with Crippen LogP contribution in [0.1, 0.15) is 47.1 Å². The number of Topliss-reactive ketones (excluding diaryl/α,β-unsaturated/α-hetero) is 1. The smallest absolute Gasteiger partial charge is 0.325 e. The molecule has 0 fully saturated rings. The van der Waals surface area contributed by atoms with Gasteiger partial charge in [0.2, 0.25) is 5.78 Å².